The lowest BCUT2D eigenvalue weighted by Gasteiger charge is -2.17. The van der Waals surface area contributed by atoms with Gasteiger partial charge >= 0.3 is 0 Å². The Morgan fingerprint density at radius 3 is 3.00 bits per heavy atom. The number of para-hydroxylation sites is 1. The number of nitrogens with zero attached hydrogens (tertiary/aromatic N) is 1. The van der Waals surface area contributed by atoms with E-state index in [9.17, 15) is 0 Å². The van der Waals surface area contributed by atoms with E-state index in [1.54, 1.807) is 0 Å². The maximum atomic E-state index is 5.42. The lowest BCUT2D eigenvalue weighted by atomic mass is 10.0. The molecule has 0 aliphatic carbocycles. The topological polar surface area (TPSA) is 47.6 Å². The molecule has 1 aromatic rings. The standard InChI is InChI=1S/C9H10N2O/c10-11-8-5-6-12-9-4-2-1-3-7(8)9/h1-4H,5-6,10H2/b11-8-. The first-order chi connectivity index (χ1) is 5.92. The highest BCUT2D eigenvalue weighted by atomic mass is 16.5. The molecule has 3 heteroatoms. The van der Waals surface area contributed by atoms with Crippen LogP contribution in [0.5, 0.6) is 5.75 Å². The molecule has 0 atom stereocenters. The number of benzene rings is 1. The molecule has 0 saturated heterocycles. The average molecular weight is 162 g/mol. The molecule has 0 saturated carbocycles. The number of fused-ring (bicyclic) bond motifs is 1. The SMILES string of the molecule is N/N=C1/CCOc2ccccc21. The van der Waals surface area contributed by atoms with Gasteiger partial charge in [0.2, 0.25) is 0 Å². The van der Waals surface area contributed by atoms with Gasteiger partial charge in [-0.15, -0.1) is 0 Å². The first kappa shape index (κ1) is 7.16. The Bertz CT molecular complexity index is 320. The Morgan fingerprint density at radius 2 is 2.17 bits per heavy atom. The molecular weight excluding hydrogens is 152 g/mol. The minimum absolute atomic E-state index is 0.674. The highest BCUT2D eigenvalue weighted by Gasteiger charge is 2.14. The van der Waals surface area contributed by atoms with Gasteiger partial charge in [0, 0.05) is 12.0 Å². The lowest BCUT2D eigenvalue weighted by molar-refractivity contribution is 0.320. The van der Waals surface area contributed by atoms with Crippen molar-refractivity contribution in [2.24, 2.45) is 10.9 Å². The van der Waals surface area contributed by atoms with Crippen LogP contribution in [0.15, 0.2) is 29.4 Å². The number of rotatable bonds is 0. The zero-order valence-corrected chi connectivity index (χ0v) is 6.66. The second-order valence-corrected chi connectivity index (χ2v) is 2.67. The van der Waals surface area contributed by atoms with Crippen LogP contribution in [-0.4, -0.2) is 12.3 Å². The van der Waals surface area contributed by atoms with Crippen molar-refractivity contribution in [2.45, 2.75) is 6.42 Å². The van der Waals surface area contributed by atoms with E-state index in [2.05, 4.69) is 5.10 Å². The third-order valence-electron chi connectivity index (χ3n) is 1.95. The molecule has 1 aliphatic heterocycles. The van der Waals surface area contributed by atoms with E-state index < -0.39 is 0 Å². The van der Waals surface area contributed by atoms with Gasteiger partial charge in [0.25, 0.3) is 0 Å². The highest BCUT2D eigenvalue weighted by Crippen LogP contribution is 2.23. The Labute approximate surface area is 70.8 Å². The Morgan fingerprint density at radius 1 is 1.33 bits per heavy atom. The molecule has 62 valence electrons. The van der Waals surface area contributed by atoms with Gasteiger partial charge in [0.05, 0.1) is 12.3 Å². The predicted molar refractivity (Wildman–Crippen MR) is 47.3 cm³/mol. The minimum Gasteiger partial charge on any atom is -0.492 e. The van der Waals surface area contributed by atoms with E-state index in [1.807, 2.05) is 24.3 Å². The molecule has 0 unspecified atom stereocenters. The summed E-state index contributed by atoms with van der Waals surface area (Å²) in [6.45, 7) is 0.674. The number of hydrazone groups is 1. The van der Waals surface area contributed by atoms with E-state index in [1.165, 1.54) is 0 Å². The van der Waals surface area contributed by atoms with Crippen molar-refractivity contribution < 1.29 is 4.74 Å². The van der Waals surface area contributed by atoms with Gasteiger partial charge < -0.3 is 10.6 Å². The summed E-state index contributed by atoms with van der Waals surface area (Å²) in [5, 5.41) is 3.73. The van der Waals surface area contributed by atoms with E-state index >= 15 is 0 Å². The quantitative estimate of drug-likeness (QED) is 0.459. The largest absolute Gasteiger partial charge is 0.492 e. The van der Waals surface area contributed by atoms with Gasteiger partial charge in [-0.2, -0.15) is 5.10 Å². The highest BCUT2D eigenvalue weighted by molar-refractivity contribution is 6.03. The normalized spacial score (nSPS) is 18.5. The van der Waals surface area contributed by atoms with Crippen molar-refractivity contribution in [3.8, 4) is 5.75 Å². The second-order valence-electron chi connectivity index (χ2n) is 2.67. The molecule has 2 rings (SSSR count). The molecule has 0 spiro atoms. The van der Waals surface area contributed by atoms with Gasteiger partial charge in [0.15, 0.2) is 0 Å². The number of hydrogen-bond donors (Lipinski definition) is 1. The van der Waals surface area contributed by atoms with Crippen molar-refractivity contribution in [3.05, 3.63) is 29.8 Å². The molecule has 0 aromatic heterocycles. The lowest BCUT2D eigenvalue weighted by Crippen LogP contribution is -2.17. The van der Waals surface area contributed by atoms with Crippen molar-refractivity contribution in [1.29, 1.82) is 0 Å². The molecule has 0 bridgehead atoms. The zero-order chi connectivity index (χ0) is 8.39. The van der Waals surface area contributed by atoms with Gasteiger partial charge in [-0.05, 0) is 12.1 Å². The van der Waals surface area contributed by atoms with Crippen LogP contribution < -0.4 is 10.6 Å². The van der Waals surface area contributed by atoms with Crippen LogP contribution >= 0.6 is 0 Å². The summed E-state index contributed by atoms with van der Waals surface area (Å²) in [4.78, 5) is 0. The Balaban J connectivity index is 2.51. The molecule has 2 N–H and O–H groups in total. The van der Waals surface area contributed by atoms with Crippen molar-refractivity contribution in [3.63, 3.8) is 0 Å². The van der Waals surface area contributed by atoms with E-state index in [4.69, 9.17) is 10.6 Å². The molecular formula is C9H10N2O. The second kappa shape index (κ2) is 2.85. The zero-order valence-electron chi connectivity index (χ0n) is 6.66. The summed E-state index contributed by atoms with van der Waals surface area (Å²) >= 11 is 0. The summed E-state index contributed by atoms with van der Waals surface area (Å²) in [5.74, 6) is 6.13. The molecule has 1 aliphatic rings. The monoisotopic (exact) mass is 162 g/mol. The summed E-state index contributed by atoms with van der Waals surface area (Å²) < 4.78 is 5.42. The van der Waals surface area contributed by atoms with Gasteiger partial charge in [-0.1, -0.05) is 12.1 Å². The van der Waals surface area contributed by atoms with Gasteiger partial charge in [0.1, 0.15) is 5.75 Å². The van der Waals surface area contributed by atoms with Crippen molar-refractivity contribution >= 4 is 5.71 Å². The Kier molecular flexibility index (Phi) is 1.70. The summed E-state index contributed by atoms with van der Waals surface area (Å²) in [7, 11) is 0. The summed E-state index contributed by atoms with van der Waals surface area (Å²) in [5.41, 5.74) is 1.95. The molecule has 0 radical (unpaired) electrons. The number of hydrogen-bond acceptors (Lipinski definition) is 3. The van der Waals surface area contributed by atoms with Crippen LogP contribution in [0.1, 0.15) is 12.0 Å². The summed E-state index contributed by atoms with van der Waals surface area (Å²) in [6.07, 6.45) is 0.799. The third-order valence-corrected chi connectivity index (χ3v) is 1.95. The van der Waals surface area contributed by atoms with E-state index in [-0.39, 0.29) is 0 Å². The maximum Gasteiger partial charge on any atom is 0.128 e. The summed E-state index contributed by atoms with van der Waals surface area (Å²) in [6, 6.07) is 7.80. The van der Waals surface area contributed by atoms with Crippen LogP contribution in [0.25, 0.3) is 0 Å². The molecule has 12 heavy (non-hydrogen) atoms. The fourth-order valence-corrected chi connectivity index (χ4v) is 1.36. The van der Waals surface area contributed by atoms with E-state index in [0.717, 1.165) is 23.4 Å². The number of ether oxygens (including phenoxy) is 1. The van der Waals surface area contributed by atoms with Gasteiger partial charge in [-0.3, -0.25) is 0 Å². The van der Waals surface area contributed by atoms with Crippen LogP contribution in [-0.2, 0) is 0 Å². The predicted octanol–water partition coefficient (Wildman–Crippen LogP) is 1.13. The van der Waals surface area contributed by atoms with Crippen molar-refractivity contribution in [2.75, 3.05) is 6.61 Å². The maximum absolute atomic E-state index is 5.42. The molecule has 1 heterocycles. The smallest absolute Gasteiger partial charge is 0.128 e. The first-order valence-corrected chi connectivity index (χ1v) is 3.91. The molecule has 0 fully saturated rings. The molecule has 0 amide bonds. The first-order valence-electron chi connectivity index (χ1n) is 3.91. The third kappa shape index (κ3) is 1.03. The molecule has 3 nitrogen and oxygen atoms in total. The fraction of sp³-hybridized carbons (Fsp3) is 0.222. The Hall–Kier alpha value is -1.51. The molecule has 1 aromatic carbocycles. The van der Waals surface area contributed by atoms with Crippen LogP contribution in [0, 0.1) is 0 Å². The van der Waals surface area contributed by atoms with Crippen LogP contribution in [0.2, 0.25) is 0 Å². The van der Waals surface area contributed by atoms with Crippen LogP contribution in [0.3, 0.4) is 0 Å². The van der Waals surface area contributed by atoms with Gasteiger partial charge in [-0.25, -0.2) is 0 Å². The van der Waals surface area contributed by atoms with E-state index in [0.29, 0.717) is 6.61 Å². The fourth-order valence-electron chi connectivity index (χ4n) is 1.36. The minimum atomic E-state index is 0.674. The average Bonchev–Trinajstić information content (AvgIpc) is 2.17. The van der Waals surface area contributed by atoms with Crippen LogP contribution in [0.4, 0.5) is 0 Å². The van der Waals surface area contributed by atoms with Crippen molar-refractivity contribution in [1.82, 2.24) is 0 Å². The number of nitrogens with two attached hydrogens (primary N) is 1.